The number of amides is 2. The Kier molecular flexibility index (Phi) is 10.9. The number of likely N-dealkylation sites (tertiary alicyclic amines) is 1. The van der Waals surface area contributed by atoms with Crippen LogP contribution in [0.1, 0.15) is 46.8 Å². The molecule has 220 valence electrons. The highest BCUT2D eigenvalue weighted by atomic mass is 35.5. The fourth-order valence-corrected chi connectivity index (χ4v) is 6.17. The number of hydrogen-bond acceptors (Lipinski definition) is 6. The molecule has 1 unspecified atom stereocenters. The first-order chi connectivity index (χ1) is 18.8. The van der Waals surface area contributed by atoms with Gasteiger partial charge in [-0.15, -0.1) is 0 Å². The van der Waals surface area contributed by atoms with Gasteiger partial charge < -0.3 is 16.4 Å². The Morgan fingerprint density at radius 3 is 2.52 bits per heavy atom. The van der Waals surface area contributed by atoms with Crippen LogP contribution in [0, 0.1) is 5.92 Å². The summed E-state index contributed by atoms with van der Waals surface area (Å²) in [4.78, 5) is 27.0. The number of halogens is 5. The van der Waals surface area contributed by atoms with Gasteiger partial charge in [-0.25, -0.2) is 8.42 Å². The number of nitrogens with two attached hydrogens (primary N) is 1. The van der Waals surface area contributed by atoms with Gasteiger partial charge >= 0.3 is 6.18 Å². The van der Waals surface area contributed by atoms with Crippen LogP contribution in [0.25, 0.3) is 0 Å². The number of piperidine rings is 1. The maximum Gasteiger partial charge on any atom is 0.416 e. The topological polar surface area (TPSA) is 122 Å². The molecule has 40 heavy (non-hydrogen) atoms. The monoisotopic (exact) mass is 622 g/mol. The highest BCUT2D eigenvalue weighted by molar-refractivity contribution is 7.91. The van der Waals surface area contributed by atoms with Gasteiger partial charge in [0.1, 0.15) is 0 Å². The summed E-state index contributed by atoms with van der Waals surface area (Å²) in [7, 11) is -3.64. The zero-order valence-electron chi connectivity index (χ0n) is 21.8. The van der Waals surface area contributed by atoms with E-state index in [1.165, 1.54) is 25.1 Å². The Hall–Kier alpha value is -2.38. The first kappa shape index (κ1) is 32.1. The third kappa shape index (κ3) is 8.10. The maximum atomic E-state index is 14.1. The van der Waals surface area contributed by atoms with E-state index >= 15 is 0 Å². The molecule has 0 spiro atoms. The molecular weight excluding hydrogens is 592 g/mol. The zero-order valence-corrected chi connectivity index (χ0v) is 24.1. The lowest BCUT2D eigenvalue weighted by Gasteiger charge is -2.33. The first-order valence-corrected chi connectivity index (χ1v) is 15.1. The van der Waals surface area contributed by atoms with E-state index in [1.54, 1.807) is 4.90 Å². The maximum absolute atomic E-state index is 14.1. The number of carbonyl (C=O) groups excluding carboxylic acids is 2. The predicted octanol–water partition coefficient (Wildman–Crippen LogP) is 4.02. The number of benzene rings is 2. The van der Waals surface area contributed by atoms with E-state index in [1.807, 2.05) is 0 Å². The standard InChI is InChI=1S/C26H31Cl2F3N4O4S/c1-2-40(38,39)23-6-5-19(27)10-18(23)13-34-25(37)17-11-21(26(29,30)31)20(22(28)12-17)15-35-9-3-4-16(14-35)24(36)33-8-7-32/h5-6,10-12,16H,2-4,7-9,13-15,32H2,1H3,(H,33,36)(H,34,37). The molecule has 1 heterocycles. The minimum absolute atomic E-state index is 0.0272. The van der Waals surface area contributed by atoms with E-state index in [2.05, 4.69) is 10.6 Å². The summed E-state index contributed by atoms with van der Waals surface area (Å²) in [5.41, 5.74) is 4.04. The lowest BCUT2D eigenvalue weighted by molar-refractivity contribution is -0.138. The third-order valence-corrected chi connectivity index (χ3v) is 9.04. The van der Waals surface area contributed by atoms with Crippen molar-refractivity contribution in [3.63, 3.8) is 0 Å². The fourth-order valence-electron chi connectivity index (χ4n) is 4.58. The van der Waals surface area contributed by atoms with Gasteiger partial charge in [0.15, 0.2) is 9.84 Å². The lowest BCUT2D eigenvalue weighted by Crippen LogP contribution is -2.43. The molecule has 1 atom stereocenters. The van der Waals surface area contributed by atoms with Crippen molar-refractivity contribution in [2.75, 3.05) is 31.9 Å². The van der Waals surface area contributed by atoms with Gasteiger partial charge in [0.05, 0.1) is 22.1 Å². The van der Waals surface area contributed by atoms with Crippen molar-refractivity contribution in [3.8, 4) is 0 Å². The van der Waals surface area contributed by atoms with Gasteiger partial charge in [-0.2, -0.15) is 13.2 Å². The Morgan fingerprint density at radius 1 is 1.15 bits per heavy atom. The van der Waals surface area contributed by atoms with E-state index in [-0.39, 0.29) is 75.4 Å². The second-order valence-corrected chi connectivity index (χ2v) is 12.6. The molecule has 1 aliphatic rings. The molecule has 0 radical (unpaired) electrons. The lowest BCUT2D eigenvalue weighted by atomic mass is 9.95. The number of alkyl halides is 3. The number of rotatable bonds is 10. The van der Waals surface area contributed by atoms with Crippen molar-refractivity contribution in [1.82, 2.24) is 15.5 Å². The average Bonchev–Trinajstić information content (AvgIpc) is 2.90. The first-order valence-electron chi connectivity index (χ1n) is 12.7. The van der Waals surface area contributed by atoms with Gasteiger partial charge in [0, 0.05) is 48.3 Å². The van der Waals surface area contributed by atoms with Gasteiger partial charge in [0.2, 0.25) is 5.91 Å². The molecule has 2 amide bonds. The van der Waals surface area contributed by atoms with Crippen molar-refractivity contribution < 1.29 is 31.2 Å². The van der Waals surface area contributed by atoms with Crippen molar-refractivity contribution in [1.29, 1.82) is 0 Å². The molecule has 0 aliphatic carbocycles. The fraction of sp³-hybridized carbons (Fsp3) is 0.462. The Labute approximate surface area is 241 Å². The van der Waals surface area contributed by atoms with E-state index in [0.29, 0.717) is 25.9 Å². The van der Waals surface area contributed by atoms with Crippen molar-refractivity contribution in [2.45, 2.75) is 43.9 Å². The molecule has 8 nitrogen and oxygen atoms in total. The minimum Gasteiger partial charge on any atom is -0.355 e. The summed E-state index contributed by atoms with van der Waals surface area (Å²) in [6.07, 6.45) is -3.57. The van der Waals surface area contributed by atoms with Gasteiger partial charge in [-0.3, -0.25) is 14.5 Å². The van der Waals surface area contributed by atoms with Gasteiger partial charge in [-0.1, -0.05) is 30.1 Å². The Bertz CT molecular complexity index is 1360. The van der Waals surface area contributed by atoms with Crippen LogP contribution in [0.5, 0.6) is 0 Å². The molecule has 0 aromatic heterocycles. The largest absolute Gasteiger partial charge is 0.416 e. The molecule has 4 N–H and O–H groups in total. The summed E-state index contributed by atoms with van der Waals surface area (Å²) in [5.74, 6) is -1.63. The van der Waals surface area contributed by atoms with Crippen LogP contribution in [-0.2, 0) is 33.9 Å². The summed E-state index contributed by atoms with van der Waals surface area (Å²) in [6, 6.07) is 5.99. The van der Waals surface area contributed by atoms with Crippen molar-refractivity contribution in [2.24, 2.45) is 11.7 Å². The molecule has 14 heteroatoms. The van der Waals surface area contributed by atoms with Crippen LogP contribution in [0.3, 0.4) is 0 Å². The second-order valence-electron chi connectivity index (χ2n) is 9.47. The molecule has 2 aromatic rings. The van der Waals surface area contributed by atoms with Crippen LogP contribution in [0.15, 0.2) is 35.2 Å². The highest BCUT2D eigenvalue weighted by Gasteiger charge is 2.36. The molecule has 1 fully saturated rings. The van der Waals surface area contributed by atoms with Crippen LogP contribution >= 0.6 is 23.2 Å². The van der Waals surface area contributed by atoms with Crippen molar-refractivity contribution in [3.05, 3.63) is 62.6 Å². The third-order valence-electron chi connectivity index (χ3n) is 6.64. The van der Waals surface area contributed by atoms with Crippen molar-refractivity contribution >= 4 is 44.9 Å². The zero-order chi connectivity index (χ0) is 29.7. The van der Waals surface area contributed by atoms with Crippen LogP contribution in [0.4, 0.5) is 13.2 Å². The number of carbonyl (C=O) groups is 2. The Balaban J connectivity index is 1.83. The molecule has 2 aromatic carbocycles. The number of hydrogen-bond donors (Lipinski definition) is 3. The quantitative estimate of drug-likeness (QED) is 0.368. The molecule has 3 rings (SSSR count). The number of sulfone groups is 1. The summed E-state index contributed by atoms with van der Waals surface area (Å²) in [5, 5.41) is 5.18. The SMILES string of the molecule is CCS(=O)(=O)c1ccc(Cl)cc1CNC(=O)c1cc(Cl)c(CN2CCCC(C(=O)NCCN)C2)c(C(F)(F)F)c1. The number of nitrogens with zero attached hydrogens (tertiary/aromatic N) is 1. The predicted molar refractivity (Wildman–Crippen MR) is 147 cm³/mol. The second kappa shape index (κ2) is 13.5. The number of nitrogens with one attached hydrogen (secondary N) is 2. The molecule has 0 bridgehead atoms. The van der Waals surface area contributed by atoms with Gasteiger partial charge in [0.25, 0.3) is 5.91 Å². The van der Waals surface area contributed by atoms with Crippen LogP contribution < -0.4 is 16.4 Å². The van der Waals surface area contributed by atoms with E-state index < -0.39 is 27.5 Å². The molecule has 1 saturated heterocycles. The van der Waals surface area contributed by atoms with Gasteiger partial charge in [-0.05, 0) is 60.8 Å². The normalized spacial score (nSPS) is 16.5. The Morgan fingerprint density at radius 2 is 1.88 bits per heavy atom. The summed E-state index contributed by atoms with van der Waals surface area (Å²) in [6.45, 7) is 2.37. The van der Waals surface area contributed by atoms with E-state index in [9.17, 15) is 31.2 Å². The summed E-state index contributed by atoms with van der Waals surface area (Å²) < 4.78 is 67.2. The van der Waals surface area contributed by atoms with E-state index in [4.69, 9.17) is 28.9 Å². The van der Waals surface area contributed by atoms with Crippen LogP contribution in [-0.4, -0.2) is 57.1 Å². The highest BCUT2D eigenvalue weighted by Crippen LogP contribution is 2.37. The summed E-state index contributed by atoms with van der Waals surface area (Å²) >= 11 is 12.3. The molecule has 1 aliphatic heterocycles. The minimum atomic E-state index is -4.81. The smallest absolute Gasteiger partial charge is 0.355 e. The van der Waals surface area contributed by atoms with E-state index in [0.717, 1.165) is 12.1 Å². The van der Waals surface area contributed by atoms with Crippen LogP contribution in [0.2, 0.25) is 10.0 Å². The molecular formula is C26H31Cl2F3N4O4S. The average molecular weight is 624 g/mol. The molecule has 0 saturated carbocycles.